The quantitative estimate of drug-likeness (QED) is 0.804. The number of ketones is 1. The molecule has 100 valence electrons. The van der Waals surface area contributed by atoms with E-state index in [1.54, 1.807) is 25.7 Å². The molecule has 4 nitrogen and oxygen atoms in total. The highest BCUT2D eigenvalue weighted by Crippen LogP contribution is 2.18. The van der Waals surface area contributed by atoms with E-state index in [-0.39, 0.29) is 17.7 Å². The van der Waals surface area contributed by atoms with Crippen LogP contribution in [0.25, 0.3) is 0 Å². The Balaban J connectivity index is 0.000000437. The number of hydrogen-bond acceptors (Lipinski definition) is 3. The first-order valence-electron chi connectivity index (χ1n) is 6.19. The third-order valence-corrected chi connectivity index (χ3v) is 2.38. The lowest BCUT2D eigenvalue weighted by molar-refractivity contribution is -0.135. The van der Waals surface area contributed by atoms with Crippen molar-refractivity contribution in [2.24, 2.45) is 0 Å². The molecule has 1 aliphatic heterocycles. The van der Waals surface area contributed by atoms with Crippen LogP contribution in [0, 0.1) is 0 Å². The Hall–Kier alpha value is -0.900. The summed E-state index contributed by atoms with van der Waals surface area (Å²) in [5.41, 5.74) is -0.500. The monoisotopic (exact) mass is 243 g/mol. The third-order valence-electron chi connectivity index (χ3n) is 2.38. The predicted octanol–water partition coefficient (Wildman–Crippen LogP) is 1.75. The van der Waals surface area contributed by atoms with Crippen LogP contribution >= 0.6 is 0 Å². The molecule has 0 aromatic carbocycles. The van der Waals surface area contributed by atoms with E-state index >= 15 is 0 Å². The molecule has 1 atom stereocenters. The van der Waals surface area contributed by atoms with Crippen molar-refractivity contribution in [3.8, 4) is 0 Å². The zero-order chi connectivity index (χ0) is 13.6. The van der Waals surface area contributed by atoms with Crippen molar-refractivity contribution in [2.45, 2.75) is 65.5 Å². The van der Waals surface area contributed by atoms with Crippen molar-refractivity contribution in [2.75, 3.05) is 6.54 Å². The van der Waals surface area contributed by atoms with Gasteiger partial charge in [0.05, 0.1) is 11.6 Å². The van der Waals surface area contributed by atoms with Crippen LogP contribution in [0.4, 0.5) is 0 Å². The molecule has 0 aliphatic carbocycles. The third kappa shape index (κ3) is 7.10. The summed E-state index contributed by atoms with van der Waals surface area (Å²) < 4.78 is 0. The van der Waals surface area contributed by atoms with Gasteiger partial charge in [0.25, 0.3) is 0 Å². The number of aliphatic hydroxyl groups is 1. The van der Waals surface area contributed by atoms with Gasteiger partial charge in [0.15, 0.2) is 5.78 Å². The lowest BCUT2D eigenvalue weighted by Gasteiger charge is -2.21. The molecule has 1 rings (SSSR count). The van der Waals surface area contributed by atoms with Crippen LogP contribution in [-0.2, 0) is 9.59 Å². The van der Waals surface area contributed by atoms with Gasteiger partial charge < -0.3 is 10.0 Å². The zero-order valence-electron chi connectivity index (χ0n) is 11.6. The fraction of sp³-hybridized carbons (Fsp3) is 0.846. The molecule has 0 radical (unpaired) electrons. The predicted molar refractivity (Wildman–Crippen MR) is 67.7 cm³/mol. The first kappa shape index (κ1) is 16.1. The minimum Gasteiger partial charge on any atom is -0.391 e. The molecule has 1 aliphatic rings. The molecule has 0 aromatic heterocycles. The van der Waals surface area contributed by atoms with Gasteiger partial charge in [-0.25, -0.2) is 0 Å². The van der Waals surface area contributed by atoms with Crippen molar-refractivity contribution in [3.63, 3.8) is 0 Å². The average molecular weight is 243 g/mol. The van der Waals surface area contributed by atoms with Crippen molar-refractivity contribution < 1.29 is 14.7 Å². The topological polar surface area (TPSA) is 57.6 Å². The smallest absolute Gasteiger partial charge is 0.220 e. The largest absolute Gasteiger partial charge is 0.391 e. The summed E-state index contributed by atoms with van der Waals surface area (Å²) in [5, 5.41) is 8.52. The summed E-state index contributed by atoms with van der Waals surface area (Å²) in [7, 11) is 0. The van der Waals surface area contributed by atoms with Gasteiger partial charge >= 0.3 is 0 Å². The van der Waals surface area contributed by atoms with Crippen LogP contribution in [0.1, 0.15) is 53.9 Å². The molecule has 0 aromatic rings. The number of carbonyl (C=O) groups is 2. The van der Waals surface area contributed by atoms with Crippen LogP contribution in [0.5, 0.6) is 0 Å². The Morgan fingerprint density at radius 3 is 2.18 bits per heavy atom. The summed E-state index contributed by atoms with van der Waals surface area (Å²) >= 11 is 0. The Morgan fingerprint density at radius 2 is 1.82 bits per heavy atom. The standard InChI is InChI=1S/C9H15NO2.C4H10O/c1-3-9(12)8-5-4-6-10(8)7(2)11;1-4(2,3)5/h8H,3-6H2,1-2H3;5H,1-3H3. The van der Waals surface area contributed by atoms with Crippen molar-refractivity contribution in [1.82, 2.24) is 4.90 Å². The van der Waals surface area contributed by atoms with Gasteiger partial charge in [-0.15, -0.1) is 0 Å². The zero-order valence-corrected chi connectivity index (χ0v) is 11.6. The molecular weight excluding hydrogens is 218 g/mol. The van der Waals surface area contributed by atoms with Crippen molar-refractivity contribution in [3.05, 3.63) is 0 Å². The summed E-state index contributed by atoms with van der Waals surface area (Å²) in [4.78, 5) is 24.1. The van der Waals surface area contributed by atoms with E-state index < -0.39 is 5.60 Å². The SMILES string of the molecule is CC(C)(C)O.CCC(=O)C1CCCN1C(C)=O. The Labute approximate surface area is 104 Å². The van der Waals surface area contributed by atoms with E-state index in [1.807, 2.05) is 6.92 Å². The van der Waals surface area contributed by atoms with Crippen molar-refractivity contribution >= 4 is 11.7 Å². The number of hydrogen-bond donors (Lipinski definition) is 1. The van der Waals surface area contributed by atoms with Gasteiger partial charge in [-0.3, -0.25) is 9.59 Å². The molecule has 1 N–H and O–H groups in total. The van der Waals surface area contributed by atoms with Crippen LogP contribution in [0.3, 0.4) is 0 Å². The second-order valence-electron chi connectivity index (χ2n) is 5.36. The summed E-state index contributed by atoms with van der Waals surface area (Å²) in [6.07, 6.45) is 2.36. The fourth-order valence-corrected chi connectivity index (χ4v) is 1.71. The molecule has 1 heterocycles. The summed E-state index contributed by atoms with van der Waals surface area (Å²) in [6.45, 7) is 9.36. The van der Waals surface area contributed by atoms with E-state index in [1.165, 1.54) is 6.92 Å². The van der Waals surface area contributed by atoms with E-state index in [0.717, 1.165) is 19.4 Å². The number of likely N-dealkylation sites (tertiary alicyclic amines) is 1. The van der Waals surface area contributed by atoms with Gasteiger partial charge in [0, 0.05) is 19.9 Å². The highest BCUT2D eigenvalue weighted by molar-refractivity contribution is 5.88. The van der Waals surface area contributed by atoms with Gasteiger partial charge in [-0.05, 0) is 33.6 Å². The molecule has 0 saturated carbocycles. The first-order valence-corrected chi connectivity index (χ1v) is 6.19. The Bertz CT molecular complexity index is 262. The summed E-state index contributed by atoms with van der Waals surface area (Å²) in [6, 6.07) is -0.118. The van der Waals surface area contributed by atoms with Gasteiger partial charge in [0.1, 0.15) is 0 Å². The highest BCUT2D eigenvalue weighted by Gasteiger charge is 2.30. The van der Waals surface area contributed by atoms with Gasteiger partial charge in [-0.2, -0.15) is 0 Å². The maximum Gasteiger partial charge on any atom is 0.220 e. The first-order chi connectivity index (χ1) is 7.66. The molecule has 1 saturated heterocycles. The van der Waals surface area contributed by atoms with Crippen LogP contribution < -0.4 is 0 Å². The van der Waals surface area contributed by atoms with Crippen LogP contribution in [0.2, 0.25) is 0 Å². The molecule has 1 fully saturated rings. The number of Topliss-reactive ketones (excluding diaryl/α,β-unsaturated/α-hetero) is 1. The minimum absolute atomic E-state index is 0.0271. The number of rotatable bonds is 2. The molecule has 1 amide bonds. The minimum atomic E-state index is -0.500. The fourth-order valence-electron chi connectivity index (χ4n) is 1.71. The molecular formula is C13H25NO3. The average Bonchev–Trinajstić information content (AvgIpc) is 2.62. The van der Waals surface area contributed by atoms with Gasteiger partial charge in [-0.1, -0.05) is 6.92 Å². The molecule has 4 heteroatoms. The maximum atomic E-state index is 11.3. The van der Waals surface area contributed by atoms with E-state index in [4.69, 9.17) is 5.11 Å². The molecule has 17 heavy (non-hydrogen) atoms. The van der Waals surface area contributed by atoms with E-state index in [9.17, 15) is 9.59 Å². The van der Waals surface area contributed by atoms with Crippen LogP contribution in [0.15, 0.2) is 0 Å². The normalized spacial score (nSPS) is 19.6. The maximum absolute atomic E-state index is 11.3. The lowest BCUT2D eigenvalue weighted by atomic mass is 10.1. The van der Waals surface area contributed by atoms with E-state index in [0.29, 0.717) is 6.42 Å². The highest BCUT2D eigenvalue weighted by atomic mass is 16.3. The van der Waals surface area contributed by atoms with E-state index in [2.05, 4.69) is 0 Å². The van der Waals surface area contributed by atoms with Gasteiger partial charge in [0.2, 0.25) is 5.91 Å². The second kappa shape index (κ2) is 6.74. The lowest BCUT2D eigenvalue weighted by Crippen LogP contribution is -2.38. The number of carbonyl (C=O) groups excluding carboxylic acids is 2. The Morgan fingerprint density at radius 1 is 1.35 bits per heavy atom. The second-order valence-corrected chi connectivity index (χ2v) is 5.36. The molecule has 0 bridgehead atoms. The Kier molecular flexibility index (Phi) is 6.39. The number of nitrogens with zero attached hydrogens (tertiary/aromatic N) is 1. The molecule has 1 unspecified atom stereocenters. The molecule has 0 spiro atoms. The summed E-state index contributed by atoms with van der Waals surface area (Å²) in [5.74, 6) is 0.224. The van der Waals surface area contributed by atoms with Crippen molar-refractivity contribution in [1.29, 1.82) is 0 Å². The number of amides is 1. The van der Waals surface area contributed by atoms with Crippen LogP contribution in [-0.4, -0.2) is 39.9 Å².